The van der Waals surface area contributed by atoms with Crippen LogP contribution in [-0.4, -0.2) is 96.7 Å². The molecular formula is C71H138O17P2. The third-order valence-corrected chi connectivity index (χ3v) is 18.5. The minimum atomic E-state index is -4.95. The number of esters is 4. The Morgan fingerprint density at radius 3 is 0.656 bits per heavy atom. The molecule has 17 nitrogen and oxygen atoms in total. The number of unbranched alkanes of at least 4 members (excludes halogenated alkanes) is 46. The Labute approximate surface area is 549 Å². The Hall–Kier alpha value is -1.94. The predicted octanol–water partition coefficient (Wildman–Crippen LogP) is 20.7. The first-order valence-corrected chi connectivity index (χ1v) is 40.3. The third-order valence-electron chi connectivity index (χ3n) is 16.6. The van der Waals surface area contributed by atoms with Crippen molar-refractivity contribution < 1.29 is 80.2 Å². The van der Waals surface area contributed by atoms with E-state index in [1.807, 2.05) is 0 Å². The Morgan fingerprint density at radius 1 is 0.267 bits per heavy atom. The number of ether oxygens (including phenoxy) is 4. The number of carbonyl (C=O) groups excluding carboxylic acids is 4. The van der Waals surface area contributed by atoms with Gasteiger partial charge in [0.05, 0.1) is 26.4 Å². The van der Waals surface area contributed by atoms with Gasteiger partial charge in [-0.05, 0) is 25.7 Å². The number of carbonyl (C=O) groups is 4. The smallest absolute Gasteiger partial charge is 0.462 e. The van der Waals surface area contributed by atoms with Crippen molar-refractivity contribution in [3.63, 3.8) is 0 Å². The van der Waals surface area contributed by atoms with Crippen LogP contribution in [0.4, 0.5) is 0 Å². The molecule has 0 spiro atoms. The highest BCUT2D eigenvalue weighted by molar-refractivity contribution is 7.47. The molecule has 0 aromatic carbocycles. The molecule has 0 saturated heterocycles. The second kappa shape index (κ2) is 65.7. The van der Waals surface area contributed by atoms with E-state index in [2.05, 4.69) is 27.7 Å². The molecular weight excluding hydrogens is 1190 g/mol. The van der Waals surface area contributed by atoms with Gasteiger partial charge in [0.1, 0.15) is 19.3 Å². The number of hydrogen-bond acceptors (Lipinski definition) is 15. The Morgan fingerprint density at radius 2 is 0.444 bits per heavy atom. The molecule has 0 radical (unpaired) electrons. The molecule has 0 aromatic rings. The van der Waals surface area contributed by atoms with Crippen molar-refractivity contribution in [2.75, 3.05) is 39.6 Å². The van der Waals surface area contributed by atoms with Gasteiger partial charge in [-0.1, -0.05) is 323 Å². The van der Waals surface area contributed by atoms with Gasteiger partial charge in [0.2, 0.25) is 0 Å². The van der Waals surface area contributed by atoms with Gasteiger partial charge in [-0.15, -0.1) is 0 Å². The van der Waals surface area contributed by atoms with Crippen molar-refractivity contribution in [2.24, 2.45) is 0 Å². The van der Waals surface area contributed by atoms with E-state index in [0.29, 0.717) is 25.7 Å². The zero-order valence-electron chi connectivity index (χ0n) is 58.1. The van der Waals surface area contributed by atoms with E-state index < -0.39 is 97.5 Å². The number of aliphatic hydroxyl groups excluding tert-OH is 1. The first-order chi connectivity index (χ1) is 43.7. The molecule has 0 fully saturated rings. The summed E-state index contributed by atoms with van der Waals surface area (Å²) >= 11 is 0. The molecule has 3 N–H and O–H groups in total. The lowest BCUT2D eigenvalue weighted by Crippen LogP contribution is -2.30. The van der Waals surface area contributed by atoms with Crippen LogP contribution in [0.3, 0.4) is 0 Å². The fourth-order valence-corrected chi connectivity index (χ4v) is 12.4. The van der Waals surface area contributed by atoms with Crippen LogP contribution in [0.1, 0.15) is 374 Å². The largest absolute Gasteiger partial charge is 0.472 e. The Bertz CT molecular complexity index is 1720. The number of phosphoric acid groups is 2. The molecule has 0 aromatic heterocycles. The van der Waals surface area contributed by atoms with Gasteiger partial charge in [0, 0.05) is 25.7 Å². The predicted molar refractivity (Wildman–Crippen MR) is 363 cm³/mol. The first-order valence-electron chi connectivity index (χ1n) is 37.3. The molecule has 0 aliphatic carbocycles. The second-order valence-corrected chi connectivity index (χ2v) is 28.5. The van der Waals surface area contributed by atoms with Crippen LogP contribution in [0.2, 0.25) is 0 Å². The molecule has 534 valence electrons. The van der Waals surface area contributed by atoms with Crippen molar-refractivity contribution in [1.82, 2.24) is 0 Å². The van der Waals surface area contributed by atoms with Gasteiger partial charge in [-0.3, -0.25) is 37.3 Å². The first kappa shape index (κ1) is 88.1. The third kappa shape index (κ3) is 64.8. The quantitative estimate of drug-likeness (QED) is 0.0222. The van der Waals surface area contributed by atoms with Crippen LogP contribution in [0.15, 0.2) is 0 Å². The average molecular weight is 1330 g/mol. The van der Waals surface area contributed by atoms with Gasteiger partial charge >= 0.3 is 39.5 Å². The number of aliphatic hydroxyl groups is 1. The maximum atomic E-state index is 13.0. The number of phosphoric ester groups is 2. The minimum Gasteiger partial charge on any atom is -0.462 e. The standard InChI is InChI=1S/C71H138O17P2/c1-5-9-13-17-21-24-27-30-31-32-33-34-36-39-42-46-50-54-58-71(76)88-67(62-82-69(74)56-52-48-44-40-38-35-28-25-22-18-14-10-6-2)64-86-90(79,80)84-60-65(72)59-83-89(77,78)85-63-66(61-81-68(73)55-51-47-43-20-16-12-8-4)87-70(75)57-53-49-45-41-37-29-26-23-19-15-11-7-3/h65-67,72H,5-64H2,1-4H3,(H,77,78)(H,79,80)/t65-,66+,67+/m0/s1. The maximum absolute atomic E-state index is 13.0. The van der Waals surface area contributed by atoms with E-state index >= 15 is 0 Å². The molecule has 0 aliphatic heterocycles. The zero-order valence-corrected chi connectivity index (χ0v) is 59.9. The van der Waals surface area contributed by atoms with Crippen molar-refractivity contribution in [1.29, 1.82) is 0 Å². The summed E-state index contributed by atoms with van der Waals surface area (Å²) in [6, 6.07) is 0. The van der Waals surface area contributed by atoms with Crippen LogP contribution in [-0.2, 0) is 65.4 Å². The monoisotopic (exact) mass is 1320 g/mol. The van der Waals surface area contributed by atoms with Gasteiger partial charge in [-0.2, -0.15) is 0 Å². The summed E-state index contributed by atoms with van der Waals surface area (Å²) < 4.78 is 68.2. The number of hydrogen-bond donors (Lipinski definition) is 3. The fraction of sp³-hybridized carbons (Fsp3) is 0.944. The summed E-state index contributed by atoms with van der Waals surface area (Å²) in [6.07, 6.45) is 54.1. The molecule has 19 heteroatoms. The second-order valence-electron chi connectivity index (χ2n) is 25.6. The summed E-state index contributed by atoms with van der Waals surface area (Å²) in [6.45, 7) is 4.92. The maximum Gasteiger partial charge on any atom is 0.472 e. The lowest BCUT2D eigenvalue weighted by Gasteiger charge is -2.21. The van der Waals surface area contributed by atoms with E-state index in [-0.39, 0.29) is 25.7 Å². The molecule has 5 atom stereocenters. The lowest BCUT2D eigenvalue weighted by atomic mass is 10.0. The summed E-state index contributed by atoms with van der Waals surface area (Å²) in [5, 5.41) is 10.6. The topological polar surface area (TPSA) is 237 Å². The van der Waals surface area contributed by atoms with E-state index in [1.54, 1.807) is 0 Å². The number of rotatable bonds is 72. The van der Waals surface area contributed by atoms with E-state index in [9.17, 15) is 43.2 Å². The molecule has 0 amide bonds. The van der Waals surface area contributed by atoms with Crippen LogP contribution in [0, 0.1) is 0 Å². The summed E-state index contributed by atoms with van der Waals surface area (Å²) in [7, 11) is -9.89. The SMILES string of the molecule is CCCCCCCCCCCCCCCCCCCCC(=O)O[C@H](COC(=O)CCCCCCCCCCCCCCC)COP(=O)(O)OC[C@@H](O)COP(=O)(O)OC[C@@H](COC(=O)CCCCCCCCC)OC(=O)CCCCCCCCCCCCCC. The fourth-order valence-electron chi connectivity index (χ4n) is 10.9. The van der Waals surface area contributed by atoms with Gasteiger partial charge in [0.15, 0.2) is 12.2 Å². The highest BCUT2D eigenvalue weighted by Gasteiger charge is 2.30. The Balaban J connectivity index is 5.18. The Kier molecular flexibility index (Phi) is 64.3. The molecule has 0 aliphatic rings. The van der Waals surface area contributed by atoms with Gasteiger partial charge in [-0.25, -0.2) is 9.13 Å². The minimum absolute atomic E-state index is 0.107. The molecule has 2 unspecified atom stereocenters. The van der Waals surface area contributed by atoms with E-state index in [0.717, 1.165) is 103 Å². The highest BCUT2D eigenvalue weighted by Crippen LogP contribution is 2.45. The van der Waals surface area contributed by atoms with Crippen molar-refractivity contribution in [3.8, 4) is 0 Å². The van der Waals surface area contributed by atoms with Crippen molar-refractivity contribution in [2.45, 2.75) is 393 Å². The zero-order chi connectivity index (χ0) is 66.1. The van der Waals surface area contributed by atoms with Gasteiger partial charge < -0.3 is 33.8 Å². The molecule has 0 bridgehead atoms. The molecule has 0 rings (SSSR count). The molecule has 0 heterocycles. The highest BCUT2D eigenvalue weighted by atomic mass is 31.2. The van der Waals surface area contributed by atoms with Crippen LogP contribution >= 0.6 is 15.6 Å². The normalized spacial score (nSPS) is 14.0. The van der Waals surface area contributed by atoms with Crippen molar-refractivity contribution in [3.05, 3.63) is 0 Å². The molecule has 0 saturated carbocycles. The summed E-state index contributed by atoms with van der Waals surface area (Å²) in [5.74, 6) is -2.12. The lowest BCUT2D eigenvalue weighted by molar-refractivity contribution is -0.161. The van der Waals surface area contributed by atoms with Crippen LogP contribution < -0.4 is 0 Å². The summed E-state index contributed by atoms with van der Waals surface area (Å²) in [5.41, 5.74) is 0. The van der Waals surface area contributed by atoms with E-state index in [4.69, 9.17) is 37.0 Å². The van der Waals surface area contributed by atoms with Crippen LogP contribution in [0.5, 0.6) is 0 Å². The summed E-state index contributed by atoms with van der Waals surface area (Å²) in [4.78, 5) is 72.4. The van der Waals surface area contributed by atoms with E-state index in [1.165, 1.54) is 193 Å². The molecule has 90 heavy (non-hydrogen) atoms. The van der Waals surface area contributed by atoms with Gasteiger partial charge in [0.25, 0.3) is 0 Å². The van der Waals surface area contributed by atoms with Crippen molar-refractivity contribution >= 4 is 39.5 Å². The van der Waals surface area contributed by atoms with Crippen LogP contribution in [0.25, 0.3) is 0 Å². The average Bonchev–Trinajstić information content (AvgIpc) is 3.09.